The average Bonchev–Trinajstić information content (AvgIpc) is 3.46. The van der Waals surface area contributed by atoms with E-state index in [0.29, 0.717) is 18.0 Å². The van der Waals surface area contributed by atoms with Crippen molar-refractivity contribution in [1.29, 1.82) is 0 Å². The Balaban J connectivity index is 1.39. The Morgan fingerprint density at radius 3 is 2.50 bits per heavy atom. The number of carbonyl (C=O) groups excluding carboxylic acids is 2. The fraction of sp³-hybridized carbons (Fsp3) is 0.391. The molecule has 2 aliphatic rings. The summed E-state index contributed by atoms with van der Waals surface area (Å²) in [4.78, 5) is 28.6. The number of benzene rings is 2. The summed E-state index contributed by atoms with van der Waals surface area (Å²) in [5.41, 5.74) is 2.19. The first-order chi connectivity index (χ1) is 13.5. The Kier molecular flexibility index (Phi) is 5.07. The third-order valence-electron chi connectivity index (χ3n) is 5.74. The number of nitrogens with zero attached hydrogens (tertiary/aromatic N) is 2. The molecule has 1 unspecified atom stereocenters. The second-order valence-corrected chi connectivity index (χ2v) is 8.00. The highest BCUT2D eigenvalue weighted by Gasteiger charge is 2.37. The first-order valence-electron chi connectivity index (χ1n) is 9.95. The second-order valence-electron chi connectivity index (χ2n) is 8.00. The summed E-state index contributed by atoms with van der Waals surface area (Å²) in [6, 6.07) is 15.0. The molecule has 1 heterocycles. The van der Waals surface area contributed by atoms with Gasteiger partial charge in [-0.05, 0) is 48.4 Å². The lowest BCUT2D eigenvalue weighted by Crippen LogP contribution is -2.34. The van der Waals surface area contributed by atoms with Gasteiger partial charge in [-0.2, -0.15) is 0 Å². The molecule has 2 fully saturated rings. The van der Waals surface area contributed by atoms with E-state index in [2.05, 4.69) is 0 Å². The minimum Gasteiger partial charge on any atom is -0.507 e. The van der Waals surface area contributed by atoms with E-state index in [1.165, 1.54) is 0 Å². The summed E-state index contributed by atoms with van der Waals surface area (Å²) in [7, 11) is 1.76. The maximum atomic E-state index is 12.8. The van der Waals surface area contributed by atoms with Crippen LogP contribution >= 0.6 is 0 Å². The van der Waals surface area contributed by atoms with Crippen molar-refractivity contribution >= 4 is 11.8 Å². The first kappa shape index (κ1) is 18.5. The van der Waals surface area contributed by atoms with Gasteiger partial charge in [0.15, 0.2) is 0 Å². The van der Waals surface area contributed by atoms with Crippen molar-refractivity contribution in [3.8, 4) is 16.9 Å². The molecule has 0 aromatic heterocycles. The Morgan fingerprint density at radius 2 is 1.82 bits per heavy atom. The smallest absolute Gasteiger partial charge is 0.257 e. The summed E-state index contributed by atoms with van der Waals surface area (Å²) in [6.45, 7) is 2.11. The minimum absolute atomic E-state index is 0.00448. The van der Waals surface area contributed by atoms with Gasteiger partial charge in [0.05, 0.1) is 5.56 Å². The SMILES string of the molecule is CN(CC1CCN(C(=O)C2CC2)C1)C(=O)c1ccc(-c2ccccc2)cc1O. The van der Waals surface area contributed by atoms with Gasteiger partial charge in [0.1, 0.15) is 5.75 Å². The third-order valence-corrected chi connectivity index (χ3v) is 5.74. The van der Waals surface area contributed by atoms with Crippen LogP contribution < -0.4 is 0 Å². The number of hydrogen-bond donors (Lipinski definition) is 1. The molecule has 5 heteroatoms. The Labute approximate surface area is 165 Å². The van der Waals surface area contributed by atoms with E-state index < -0.39 is 0 Å². The minimum atomic E-state index is -0.191. The topological polar surface area (TPSA) is 60.9 Å². The highest BCUT2D eigenvalue weighted by atomic mass is 16.3. The lowest BCUT2D eigenvalue weighted by Gasteiger charge is -2.22. The molecule has 5 nitrogen and oxygen atoms in total. The number of phenolic OH excluding ortho intramolecular Hbond substituents is 1. The Bertz CT molecular complexity index is 877. The molecule has 1 N–H and O–H groups in total. The maximum Gasteiger partial charge on any atom is 0.257 e. The molecule has 0 bridgehead atoms. The van der Waals surface area contributed by atoms with E-state index >= 15 is 0 Å². The molecule has 1 aliphatic heterocycles. The van der Waals surface area contributed by atoms with Gasteiger partial charge >= 0.3 is 0 Å². The van der Waals surface area contributed by atoms with Crippen molar-refractivity contribution < 1.29 is 14.7 Å². The van der Waals surface area contributed by atoms with Crippen molar-refractivity contribution in [1.82, 2.24) is 9.80 Å². The van der Waals surface area contributed by atoms with Crippen LogP contribution in [0.5, 0.6) is 5.75 Å². The van der Waals surface area contributed by atoms with Crippen molar-refractivity contribution in [2.24, 2.45) is 11.8 Å². The molecule has 1 atom stereocenters. The van der Waals surface area contributed by atoms with E-state index in [1.807, 2.05) is 41.3 Å². The zero-order chi connectivity index (χ0) is 19.7. The van der Waals surface area contributed by atoms with Crippen molar-refractivity contribution in [2.45, 2.75) is 19.3 Å². The summed E-state index contributed by atoms with van der Waals surface area (Å²) in [5, 5.41) is 10.4. The van der Waals surface area contributed by atoms with Gasteiger partial charge in [-0.3, -0.25) is 9.59 Å². The molecule has 0 radical (unpaired) electrons. The van der Waals surface area contributed by atoms with Crippen LogP contribution in [0, 0.1) is 11.8 Å². The van der Waals surface area contributed by atoms with E-state index in [-0.39, 0.29) is 23.5 Å². The average molecular weight is 378 g/mol. The molecule has 1 saturated carbocycles. The standard InChI is InChI=1S/C23H26N2O3/c1-24(14-16-11-12-25(15-16)22(27)18-7-8-18)23(28)20-10-9-19(13-21(20)26)17-5-3-2-4-6-17/h2-6,9-10,13,16,18,26H,7-8,11-12,14-15H2,1H3. The summed E-state index contributed by atoms with van der Waals surface area (Å²) >= 11 is 0. The van der Waals surface area contributed by atoms with Gasteiger partial charge in [0, 0.05) is 32.6 Å². The lowest BCUT2D eigenvalue weighted by atomic mass is 10.0. The number of hydrogen-bond acceptors (Lipinski definition) is 3. The fourth-order valence-electron chi connectivity index (χ4n) is 3.97. The molecule has 2 amide bonds. The van der Waals surface area contributed by atoms with Crippen molar-refractivity contribution in [3.05, 3.63) is 54.1 Å². The molecular weight excluding hydrogens is 352 g/mol. The van der Waals surface area contributed by atoms with Gasteiger partial charge in [-0.1, -0.05) is 36.4 Å². The molecule has 1 saturated heterocycles. The van der Waals surface area contributed by atoms with Crippen molar-refractivity contribution in [3.63, 3.8) is 0 Å². The normalized spacial score (nSPS) is 18.9. The molecule has 2 aromatic carbocycles. The van der Waals surface area contributed by atoms with Crippen LogP contribution in [-0.4, -0.2) is 53.4 Å². The number of amides is 2. The van der Waals surface area contributed by atoms with Gasteiger partial charge < -0.3 is 14.9 Å². The van der Waals surface area contributed by atoms with E-state index in [0.717, 1.165) is 43.5 Å². The Morgan fingerprint density at radius 1 is 1.07 bits per heavy atom. The third kappa shape index (κ3) is 3.88. The predicted octanol–water partition coefficient (Wildman–Crippen LogP) is 3.39. The van der Waals surface area contributed by atoms with Gasteiger partial charge in [0.25, 0.3) is 5.91 Å². The van der Waals surface area contributed by atoms with Crippen LogP contribution in [0.25, 0.3) is 11.1 Å². The first-order valence-corrected chi connectivity index (χ1v) is 9.95. The van der Waals surface area contributed by atoms with Crippen LogP contribution in [0.15, 0.2) is 48.5 Å². The summed E-state index contributed by atoms with van der Waals surface area (Å²) < 4.78 is 0. The number of phenols is 1. The fourth-order valence-corrected chi connectivity index (χ4v) is 3.97. The van der Waals surface area contributed by atoms with Crippen LogP contribution in [0.4, 0.5) is 0 Å². The van der Waals surface area contributed by atoms with Gasteiger partial charge in [-0.15, -0.1) is 0 Å². The van der Waals surface area contributed by atoms with Crippen LogP contribution in [0.1, 0.15) is 29.6 Å². The predicted molar refractivity (Wildman–Crippen MR) is 108 cm³/mol. The highest BCUT2D eigenvalue weighted by Crippen LogP contribution is 2.33. The van der Waals surface area contributed by atoms with E-state index in [4.69, 9.17) is 0 Å². The van der Waals surface area contributed by atoms with Crippen LogP contribution in [-0.2, 0) is 4.79 Å². The molecule has 146 valence electrons. The van der Waals surface area contributed by atoms with Crippen molar-refractivity contribution in [2.75, 3.05) is 26.7 Å². The summed E-state index contributed by atoms with van der Waals surface area (Å²) in [5.74, 6) is 0.630. The monoisotopic (exact) mass is 378 g/mol. The van der Waals surface area contributed by atoms with E-state index in [9.17, 15) is 14.7 Å². The van der Waals surface area contributed by atoms with Crippen LogP contribution in [0.3, 0.4) is 0 Å². The van der Waals surface area contributed by atoms with Gasteiger partial charge in [-0.25, -0.2) is 0 Å². The zero-order valence-electron chi connectivity index (χ0n) is 16.2. The van der Waals surface area contributed by atoms with Gasteiger partial charge in [0.2, 0.25) is 5.91 Å². The number of aromatic hydroxyl groups is 1. The summed E-state index contributed by atoms with van der Waals surface area (Å²) in [6.07, 6.45) is 2.97. The van der Waals surface area contributed by atoms with E-state index in [1.54, 1.807) is 24.1 Å². The molecule has 2 aromatic rings. The Hall–Kier alpha value is -2.82. The van der Waals surface area contributed by atoms with Crippen LogP contribution in [0.2, 0.25) is 0 Å². The number of likely N-dealkylation sites (tertiary alicyclic amines) is 1. The lowest BCUT2D eigenvalue weighted by molar-refractivity contribution is -0.131. The second kappa shape index (κ2) is 7.66. The quantitative estimate of drug-likeness (QED) is 0.868. The molecule has 1 aliphatic carbocycles. The largest absolute Gasteiger partial charge is 0.507 e. The highest BCUT2D eigenvalue weighted by molar-refractivity contribution is 5.97. The number of rotatable bonds is 5. The number of carbonyl (C=O) groups is 2. The maximum absolute atomic E-state index is 12.8. The molecular formula is C23H26N2O3. The molecule has 28 heavy (non-hydrogen) atoms. The molecule has 4 rings (SSSR count). The molecule has 0 spiro atoms. The zero-order valence-corrected chi connectivity index (χ0v) is 16.2.